The van der Waals surface area contributed by atoms with Crippen LogP contribution in [0.5, 0.6) is 11.5 Å². The molecule has 0 radical (unpaired) electrons. The standard InChI is InChI=1S/C18H29N3O4/c1-14(22)21(11-6-10-20(2)3)12-9-19-18(23)15-7-8-16(24-4)17(13-15)25-5/h7-8,13H,6,9-12H2,1-5H3,(H,19,23). The van der Waals surface area contributed by atoms with Crippen LogP contribution in [0.25, 0.3) is 0 Å². The molecule has 25 heavy (non-hydrogen) atoms. The molecule has 1 rings (SSSR count). The highest BCUT2D eigenvalue weighted by molar-refractivity contribution is 5.94. The molecule has 1 aromatic carbocycles. The third kappa shape index (κ3) is 7.01. The molecular formula is C18H29N3O4. The van der Waals surface area contributed by atoms with Gasteiger partial charge in [0.2, 0.25) is 5.91 Å². The van der Waals surface area contributed by atoms with Gasteiger partial charge in [0.1, 0.15) is 0 Å². The largest absolute Gasteiger partial charge is 0.493 e. The van der Waals surface area contributed by atoms with Crippen LogP contribution < -0.4 is 14.8 Å². The van der Waals surface area contributed by atoms with Crippen molar-refractivity contribution in [2.75, 3.05) is 54.5 Å². The summed E-state index contributed by atoms with van der Waals surface area (Å²) < 4.78 is 10.4. The first-order valence-electron chi connectivity index (χ1n) is 8.29. The highest BCUT2D eigenvalue weighted by atomic mass is 16.5. The van der Waals surface area contributed by atoms with Crippen molar-refractivity contribution in [3.63, 3.8) is 0 Å². The fourth-order valence-electron chi connectivity index (χ4n) is 2.39. The predicted molar refractivity (Wildman–Crippen MR) is 97.3 cm³/mol. The summed E-state index contributed by atoms with van der Waals surface area (Å²) in [5.74, 6) is 0.878. The van der Waals surface area contributed by atoms with E-state index in [0.29, 0.717) is 36.7 Å². The number of carbonyl (C=O) groups excluding carboxylic acids is 2. The van der Waals surface area contributed by atoms with Crippen LogP contribution in [-0.4, -0.2) is 76.1 Å². The number of nitrogens with one attached hydrogen (secondary N) is 1. The summed E-state index contributed by atoms with van der Waals surface area (Å²) in [7, 11) is 7.07. The third-order valence-corrected chi connectivity index (χ3v) is 3.79. The monoisotopic (exact) mass is 351 g/mol. The fraction of sp³-hybridized carbons (Fsp3) is 0.556. The number of hydrogen-bond acceptors (Lipinski definition) is 5. The van der Waals surface area contributed by atoms with Gasteiger partial charge in [-0.05, 0) is 45.3 Å². The molecule has 0 spiro atoms. The van der Waals surface area contributed by atoms with Gasteiger partial charge in [-0.2, -0.15) is 0 Å². The Morgan fingerprint density at radius 2 is 1.72 bits per heavy atom. The van der Waals surface area contributed by atoms with Crippen LogP contribution >= 0.6 is 0 Å². The Bertz CT molecular complexity index is 575. The Hall–Kier alpha value is -2.28. The minimum Gasteiger partial charge on any atom is -0.493 e. The maximum absolute atomic E-state index is 12.2. The first-order chi connectivity index (χ1) is 11.9. The van der Waals surface area contributed by atoms with E-state index in [1.54, 1.807) is 37.1 Å². The summed E-state index contributed by atoms with van der Waals surface area (Å²) in [6, 6.07) is 5.00. The van der Waals surface area contributed by atoms with Crippen molar-refractivity contribution >= 4 is 11.8 Å². The summed E-state index contributed by atoms with van der Waals surface area (Å²) in [5, 5.41) is 2.83. The molecule has 0 unspecified atom stereocenters. The lowest BCUT2D eigenvalue weighted by atomic mass is 10.2. The fourth-order valence-corrected chi connectivity index (χ4v) is 2.39. The molecule has 0 saturated heterocycles. The molecule has 0 aliphatic heterocycles. The van der Waals surface area contributed by atoms with Crippen LogP contribution in [0.1, 0.15) is 23.7 Å². The number of ether oxygens (including phenoxy) is 2. The van der Waals surface area contributed by atoms with Gasteiger partial charge in [0.15, 0.2) is 11.5 Å². The van der Waals surface area contributed by atoms with Crippen LogP contribution in [0.15, 0.2) is 18.2 Å². The molecule has 7 heteroatoms. The molecule has 0 aliphatic rings. The summed E-state index contributed by atoms with van der Waals surface area (Å²) in [6.07, 6.45) is 0.899. The molecular weight excluding hydrogens is 322 g/mol. The zero-order chi connectivity index (χ0) is 18.8. The van der Waals surface area contributed by atoms with Crippen LogP contribution in [0.3, 0.4) is 0 Å². The molecule has 0 aromatic heterocycles. The Labute approximate surface area is 149 Å². The van der Waals surface area contributed by atoms with Gasteiger partial charge < -0.3 is 24.6 Å². The maximum Gasteiger partial charge on any atom is 0.251 e. The quantitative estimate of drug-likeness (QED) is 0.687. The summed E-state index contributed by atoms with van der Waals surface area (Å²) >= 11 is 0. The van der Waals surface area contributed by atoms with E-state index in [1.165, 1.54) is 7.11 Å². The summed E-state index contributed by atoms with van der Waals surface area (Å²) in [5.41, 5.74) is 0.486. The first kappa shape index (κ1) is 20.8. The van der Waals surface area contributed by atoms with E-state index in [4.69, 9.17) is 9.47 Å². The van der Waals surface area contributed by atoms with Crippen molar-refractivity contribution in [3.8, 4) is 11.5 Å². The van der Waals surface area contributed by atoms with E-state index in [1.807, 2.05) is 14.1 Å². The highest BCUT2D eigenvalue weighted by Crippen LogP contribution is 2.27. The van der Waals surface area contributed by atoms with Crippen molar-refractivity contribution in [2.45, 2.75) is 13.3 Å². The van der Waals surface area contributed by atoms with Gasteiger partial charge in [0, 0.05) is 32.1 Å². The van der Waals surface area contributed by atoms with Crippen LogP contribution in [0.4, 0.5) is 0 Å². The topological polar surface area (TPSA) is 71.1 Å². The van der Waals surface area contributed by atoms with E-state index in [2.05, 4.69) is 10.2 Å². The van der Waals surface area contributed by atoms with Gasteiger partial charge in [-0.15, -0.1) is 0 Å². The van der Waals surface area contributed by atoms with E-state index < -0.39 is 0 Å². The van der Waals surface area contributed by atoms with E-state index in [-0.39, 0.29) is 11.8 Å². The number of amides is 2. The third-order valence-electron chi connectivity index (χ3n) is 3.79. The summed E-state index contributed by atoms with van der Waals surface area (Å²) in [4.78, 5) is 27.8. The molecule has 140 valence electrons. The maximum atomic E-state index is 12.2. The Kier molecular flexibility index (Phi) is 8.77. The molecule has 0 aliphatic carbocycles. The van der Waals surface area contributed by atoms with Gasteiger partial charge in [-0.3, -0.25) is 9.59 Å². The van der Waals surface area contributed by atoms with Crippen molar-refractivity contribution in [1.82, 2.24) is 15.1 Å². The van der Waals surface area contributed by atoms with Gasteiger partial charge in [0.25, 0.3) is 5.91 Å². The van der Waals surface area contributed by atoms with Gasteiger partial charge >= 0.3 is 0 Å². The number of methoxy groups -OCH3 is 2. The van der Waals surface area contributed by atoms with Gasteiger partial charge in [-0.25, -0.2) is 0 Å². The zero-order valence-corrected chi connectivity index (χ0v) is 15.8. The molecule has 1 N–H and O–H groups in total. The van der Waals surface area contributed by atoms with E-state index >= 15 is 0 Å². The minimum absolute atomic E-state index is 0.0131. The Morgan fingerprint density at radius 3 is 2.28 bits per heavy atom. The average Bonchev–Trinajstić information content (AvgIpc) is 2.59. The SMILES string of the molecule is COc1ccc(C(=O)NCCN(CCCN(C)C)C(C)=O)cc1OC. The number of hydrogen-bond donors (Lipinski definition) is 1. The molecule has 7 nitrogen and oxygen atoms in total. The second-order valence-corrected chi connectivity index (χ2v) is 5.99. The van der Waals surface area contributed by atoms with Crippen molar-refractivity contribution in [3.05, 3.63) is 23.8 Å². The molecule has 0 bridgehead atoms. The first-order valence-corrected chi connectivity index (χ1v) is 8.29. The normalized spacial score (nSPS) is 10.5. The lowest BCUT2D eigenvalue weighted by Crippen LogP contribution is -2.38. The lowest BCUT2D eigenvalue weighted by molar-refractivity contribution is -0.128. The van der Waals surface area contributed by atoms with Gasteiger partial charge in [-0.1, -0.05) is 0 Å². The molecule has 1 aromatic rings. The second-order valence-electron chi connectivity index (χ2n) is 5.99. The zero-order valence-electron chi connectivity index (χ0n) is 15.8. The molecule has 0 saturated carbocycles. The lowest BCUT2D eigenvalue weighted by Gasteiger charge is -2.22. The van der Waals surface area contributed by atoms with Crippen LogP contribution in [0.2, 0.25) is 0 Å². The molecule has 0 fully saturated rings. The molecule has 0 atom stereocenters. The average molecular weight is 351 g/mol. The van der Waals surface area contributed by atoms with E-state index in [9.17, 15) is 9.59 Å². The number of benzene rings is 1. The highest BCUT2D eigenvalue weighted by Gasteiger charge is 2.12. The number of nitrogens with zero attached hydrogens (tertiary/aromatic N) is 2. The number of carbonyl (C=O) groups is 2. The molecule has 0 heterocycles. The van der Waals surface area contributed by atoms with Gasteiger partial charge in [0.05, 0.1) is 14.2 Å². The van der Waals surface area contributed by atoms with E-state index in [0.717, 1.165) is 13.0 Å². The van der Waals surface area contributed by atoms with Crippen molar-refractivity contribution in [2.24, 2.45) is 0 Å². The van der Waals surface area contributed by atoms with Crippen LogP contribution in [0, 0.1) is 0 Å². The van der Waals surface area contributed by atoms with Crippen molar-refractivity contribution in [1.29, 1.82) is 0 Å². The minimum atomic E-state index is -0.210. The Balaban J connectivity index is 2.53. The Morgan fingerprint density at radius 1 is 1.04 bits per heavy atom. The predicted octanol–water partition coefficient (Wildman–Crippen LogP) is 1.23. The van der Waals surface area contributed by atoms with Crippen molar-refractivity contribution < 1.29 is 19.1 Å². The second kappa shape index (κ2) is 10.6. The summed E-state index contributed by atoms with van der Waals surface area (Å²) in [6.45, 7) is 4.03. The molecule has 2 amide bonds. The number of rotatable bonds is 10. The smallest absolute Gasteiger partial charge is 0.251 e. The van der Waals surface area contributed by atoms with Crippen LogP contribution in [-0.2, 0) is 4.79 Å².